The molecule has 0 saturated heterocycles. The van der Waals surface area contributed by atoms with E-state index in [2.05, 4.69) is 5.10 Å². The fourth-order valence-electron chi connectivity index (χ4n) is 1.82. The number of carbonyl (C=O) groups excluding carboxylic acids is 1. The average Bonchev–Trinajstić information content (AvgIpc) is 3.14. The SMILES string of the molecule is CC.CC.CC(C)n1nc(C(F)(F)F)cc1-c1sc(C(N)=O)cc1N. The largest absolute Gasteiger partial charge is 0.435 e. The number of carbonyl (C=O) groups is 1. The number of nitrogen functional groups attached to an aromatic ring is 1. The van der Waals surface area contributed by atoms with Crippen LogP contribution in [0.15, 0.2) is 12.1 Å². The van der Waals surface area contributed by atoms with Gasteiger partial charge in [0.25, 0.3) is 5.91 Å². The van der Waals surface area contributed by atoms with Crippen molar-refractivity contribution in [2.45, 2.75) is 53.8 Å². The lowest BCUT2D eigenvalue weighted by atomic mass is 10.2. The minimum Gasteiger partial charge on any atom is -0.397 e. The number of hydrogen-bond acceptors (Lipinski definition) is 4. The van der Waals surface area contributed by atoms with E-state index in [0.29, 0.717) is 4.88 Å². The molecule has 1 amide bonds. The molecule has 0 atom stereocenters. The molecule has 0 saturated carbocycles. The van der Waals surface area contributed by atoms with Crippen LogP contribution in [0.2, 0.25) is 0 Å². The van der Waals surface area contributed by atoms with Crippen LogP contribution in [-0.2, 0) is 6.18 Å². The first-order valence-corrected chi connectivity index (χ1v) is 8.79. The highest BCUT2D eigenvalue weighted by Gasteiger charge is 2.36. The smallest absolute Gasteiger partial charge is 0.397 e. The molecular weight excluding hydrogens is 353 g/mol. The van der Waals surface area contributed by atoms with E-state index >= 15 is 0 Å². The molecule has 0 aliphatic rings. The summed E-state index contributed by atoms with van der Waals surface area (Å²) in [5.74, 6) is -0.676. The summed E-state index contributed by atoms with van der Waals surface area (Å²) in [4.78, 5) is 11.7. The van der Waals surface area contributed by atoms with Crippen molar-refractivity contribution in [2.75, 3.05) is 5.73 Å². The van der Waals surface area contributed by atoms with Crippen LogP contribution in [0.1, 0.15) is 62.9 Å². The molecule has 0 unspecified atom stereocenters. The van der Waals surface area contributed by atoms with E-state index in [0.717, 1.165) is 17.4 Å². The Kier molecular flexibility index (Phi) is 8.68. The van der Waals surface area contributed by atoms with Gasteiger partial charge in [-0.1, -0.05) is 27.7 Å². The van der Waals surface area contributed by atoms with Crippen molar-refractivity contribution in [1.82, 2.24) is 9.78 Å². The van der Waals surface area contributed by atoms with Crippen LogP contribution >= 0.6 is 11.3 Å². The Morgan fingerprint density at radius 2 is 1.72 bits per heavy atom. The summed E-state index contributed by atoms with van der Waals surface area (Å²) < 4.78 is 39.7. The summed E-state index contributed by atoms with van der Waals surface area (Å²) in [7, 11) is 0. The van der Waals surface area contributed by atoms with Gasteiger partial charge in [0.2, 0.25) is 0 Å². The van der Waals surface area contributed by atoms with Gasteiger partial charge >= 0.3 is 6.18 Å². The fourth-order valence-corrected chi connectivity index (χ4v) is 2.76. The third kappa shape index (κ3) is 5.48. The third-order valence-corrected chi connectivity index (χ3v) is 3.94. The van der Waals surface area contributed by atoms with Gasteiger partial charge in [-0.25, -0.2) is 0 Å². The molecule has 9 heteroatoms. The normalized spacial score (nSPS) is 10.6. The summed E-state index contributed by atoms with van der Waals surface area (Å²) in [5.41, 5.74) is 10.4. The van der Waals surface area contributed by atoms with Crippen molar-refractivity contribution in [2.24, 2.45) is 5.73 Å². The highest BCUT2D eigenvalue weighted by molar-refractivity contribution is 7.18. The van der Waals surface area contributed by atoms with E-state index in [1.165, 1.54) is 10.7 Å². The summed E-state index contributed by atoms with van der Waals surface area (Å²) >= 11 is 0.949. The number of nitrogens with two attached hydrogens (primary N) is 2. The molecule has 5 nitrogen and oxygen atoms in total. The zero-order valence-corrected chi connectivity index (χ0v) is 16.0. The first-order chi connectivity index (χ1) is 11.6. The molecule has 4 N–H and O–H groups in total. The zero-order chi connectivity index (χ0) is 19.9. The lowest BCUT2D eigenvalue weighted by Gasteiger charge is -2.10. The second-order valence-electron chi connectivity index (χ2n) is 4.71. The zero-order valence-electron chi connectivity index (χ0n) is 15.2. The first-order valence-electron chi connectivity index (χ1n) is 7.97. The lowest BCUT2D eigenvalue weighted by Crippen LogP contribution is -2.09. The molecule has 142 valence electrons. The van der Waals surface area contributed by atoms with E-state index in [9.17, 15) is 18.0 Å². The number of anilines is 1. The van der Waals surface area contributed by atoms with Crippen LogP contribution in [0, 0.1) is 0 Å². The number of rotatable bonds is 3. The summed E-state index contributed by atoms with van der Waals surface area (Å²) in [5, 5.41) is 3.58. The third-order valence-electron chi connectivity index (χ3n) is 2.75. The molecule has 2 rings (SSSR count). The van der Waals surface area contributed by atoms with Crippen molar-refractivity contribution in [3.8, 4) is 10.6 Å². The number of aromatic nitrogens is 2. The molecule has 0 bridgehead atoms. The van der Waals surface area contributed by atoms with Gasteiger partial charge in [0.15, 0.2) is 5.69 Å². The highest BCUT2D eigenvalue weighted by atomic mass is 32.1. The molecule has 0 aliphatic heterocycles. The summed E-state index contributed by atoms with van der Waals surface area (Å²) in [6, 6.07) is 1.98. The number of halogens is 3. The average molecular weight is 378 g/mol. The van der Waals surface area contributed by atoms with Crippen molar-refractivity contribution >= 4 is 22.9 Å². The van der Waals surface area contributed by atoms with E-state index in [1.807, 2.05) is 27.7 Å². The van der Waals surface area contributed by atoms with E-state index in [1.54, 1.807) is 13.8 Å². The number of thiophene rings is 1. The number of nitrogens with zero attached hydrogens (tertiary/aromatic N) is 2. The quantitative estimate of drug-likeness (QED) is 0.792. The van der Waals surface area contributed by atoms with Crippen molar-refractivity contribution in [1.29, 1.82) is 0 Å². The molecule has 25 heavy (non-hydrogen) atoms. The Labute approximate surface area is 149 Å². The van der Waals surface area contributed by atoms with Crippen LogP contribution in [0.3, 0.4) is 0 Å². The molecule has 2 aromatic heterocycles. The van der Waals surface area contributed by atoms with Gasteiger partial charge in [0.05, 0.1) is 21.1 Å². The molecule has 0 aromatic carbocycles. The summed E-state index contributed by atoms with van der Waals surface area (Å²) in [6.45, 7) is 11.4. The standard InChI is InChI=1S/C12H13F3N4OS.2C2H6/c1-5(2)19-7(4-9(18-19)12(13,14)15)10-6(16)3-8(21-10)11(17)20;2*1-2/h3-5H,16H2,1-2H3,(H2,17,20);2*1-2H3. The molecular formula is C16H25F3N4OS. The molecule has 2 aromatic rings. The maximum Gasteiger partial charge on any atom is 0.435 e. The topological polar surface area (TPSA) is 86.9 Å². The van der Waals surface area contributed by atoms with E-state index in [-0.39, 0.29) is 22.3 Å². The molecule has 0 fully saturated rings. The molecule has 2 heterocycles. The first kappa shape index (κ1) is 23.0. The van der Waals surface area contributed by atoms with Gasteiger partial charge in [0.1, 0.15) is 0 Å². The molecule has 0 aliphatic carbocycles. The van der Waals surface area contributed by atoms with Crippen LogP contribution < -0.4 is 11.5 Å². The Morgan fingerprint density at radius 3 is 2.08 bits per heavy atom. The Bertz CT molecular complexity index is 690. The number of alkyl halides is 3. The summed E-state index contributed by atoms with van der Waals surface area (Å²) in [6.07, 6.45) is -4.55. The predicted molar refractivity (Wildman–Crippen MR) is 96.6 cm³/mol. The van der Waals surface area contributed by atoms with Crippen LogP contribution in [-0.4, -0.2) is 15.7 Å². The second kappa shape index (κ2) is 9.45. The number of primary amides is 1. The minimum absolute atomic E-state index is 0.188. The highest BCUT2D eigenvalue weighted by Crippen LogP contribution is 2.39. The number of hydrogen-bond donors (Lipinski definition) is 2. The van der Waals surface area contributed by atoms with Gasteiger partial charge < -0.3 is 11.5 Å². The minimum atomic E-state index is -4.55. The van der Waals surface area contributed by atoms with Crippen LogP contribution in [0.25, 0.3) is 10.6 Å². The van der Waals surface area contributed by atoms with Gasteiger partial charge in [-0.05, 0) is 26.0 Å². The number of amides is 1. The van der Waals surface area contributed by atoms with Crippen LogP contribution in [0.4, 0.5) is 18.9 Å². The molecule has 0 spiro atoms. The second-order valence-corrected chi connectivity index (χ2v) is 5.76. The van der Waals surface area contributed by atoms with E-state index < -0.39 is 17.8 Å². The Morgan fingerprint density at radius 1 is 1.20 bits per heavy atom. The van der Waals surface area contributed by atoms with Crippen molar-refractivity contribution in [3.05, 3.63) is 22.7 Å². The van der Waals surface area contributed by atoms with Gasteiger partial charge in [-0.3, -0.25) is 9.48 Å². The monoisotopic (exact) mass is 378 g/mol. The lowest BCUT2D eigenvalue weighted by molar-refractivity contribution is -0.141. The Hall–Kier alpha value is -2.03. The fraction of sp³-hybridized carbons (Fsp3) is 0.500. The van der Waals surface area contributed by atoms with Crippen molar-refractivity contribution < 1.29 is 18.0 Å². The van der Waals surface area contributed by atoms with Crippen LogP contribution in [0.5, 0.6) is 0 Å². The maximum atomic E-state index is 12.8. The maximum absolute atomic E-state index is 12.8. The Balaban J connectivity index is 0.00000134. The van der Waals surface area contributed by atoms with Crippen molar-refractivity contribution in [3.63, 3.8) is 0 Å². The molecule has 0 radical (unpaired) electrons. The van der Waals surface area contributed by atoms with Gasteiger partial charge in [0, 0.05) is 6.04 Å². The van der Waals surface area contributed by atoms with Gasteiger partial charge in [-0.15, -0.1) is 11.3 Å². The van der Waals surface area contributed by atoms with E-state index in [4.69, 9.17) is 11.5 Å². The predicted octanol–water partition coefficient (Wildman–Crippen LogP) is 4.94. The van der Waals surface area contributed by atoms with Gasteiger partial charge in [-0.2, -0.15) is 18.3 Å².